The number of phenols is 2. The minimum absolute atomic E-state index is 0.235. The van der Waals surface area contributed by atoms with E-state index in [9.17, 15) is 10.2 Å². The third kappa shape index (κ3) is 5.85. The Hall–Kier alpha value is -2.53. The average Bonchev–Trinajstić information content (AvgIpc) is 2.41. The van der Waals surface area contributed by atoms with Gasteiger partial charge in [0.1, 0.15) is 11.5 Å². The summed E-state index contributed by atoms with van der Waals surface area (Å²) in [6, 6.07) is 14.0. The van der Waals surface area contributed by atoms with Gasteiger partial charge in [-0.15, -0.1) is 0 Å². The summed E-state index contributed by atoms with van der Waals surface area (Å²) in [5, 5.41) is 25.9. The van der Waals surface area contributed by atoms with Crippen LogP contribution >= 0.6 is 0 Å². The number of nitrogens with two attached hydrogens (primary N) is 1. The Morgan fingerprint density at radius 1 is 1.00 bits per heavy atom. The van der Waals surface area contributed by atoms with Crippen LogP contribution in [0.5, 0.6) is 11.5 Å². The summed E-state index contributed by atoms with van der Waals surface area (Å²) in [7, 11) is 0. The third-order valence-electron chi connectivity index (χ3n) is 3.03. The molecule has 0 saturated heterocycles. The lowest BCUT2D eigenvalue weighted by Crippen LogP contribution is -2.35. The van der Waals surface area contributed by atoms with Crippen LogP contribution in [0.2, 0.25) is 0 Å². The van der Waals surface area contributed by atoms with Crippen LogP contribution < -0.4 is 5.73 Å². The Balaban J connectivity index is 0.000000541. The van der Waals surface area contributed by atoms with E-state index in [4.69, 9.17) is 15.6 Å². The number of phenolic OH excluding ortho intramolecular Hbond substituents is 2. The summed E-state index contributed by atoms with van der Waals surface area (Å²) < 4.78 is 0. The summed E-state index contributed by atoms with van der Waals surface area (Å²) in [6.45, 7) is 3.03. The second kappa shape index (κ2) is 7.47. The van der Waals surface area contributed by atoms with Gasteiger partial charge in [-0.2, -0.15) is 0 Å². The number of aliphatic carboxylic acids is 1. The Kier molecular flexibility index (Phi) is 5.95. The molecule has 0 aliphatic rings. The maximum Gasteiger partial charge on any atom is 0.300 e. The maximum absolute atomic E-state index is 9.27. The first-order valence-corrected chi connectivity index (χ1v) is 6.76. The summed E-state index contributed by atoms with van der Waals surface area (Å²) in [4.78, 5) is 9.00. The number of benzene rings is 2. The van der Waals surface area contributed by atoms with Crippen LogP contribution in [-0.2, 0) is 16.8 Å². The molecule has 0 aliphatic carbocycles. The third-order valence-corrected chi connectivity index (χ3v) is 3.03. The molecule has 5 heteroatoms. The standard InChI is InChI=1S/C15H17NO2.C2H4O2/c1-15(16,12-4-8-14(18)9-5-12)10-11-2-6-13(17)7-3-11;1-2(3)4/h2-9,17-18H,10,16H2,1H3;1H3,(H,3,4). The first kappa shape index (κ1) is 17.5. The van der Waals surface area contributed by atoms with Crippen LogP contribution in [0.15, 0.2) is 48.5 Å². The van der Waals surface area contributed by atoms with E-state index in [0.29, 0.717) is 6.42 Å². The highest BCUT2D eigenvalue weighted by molar-refractivity contribution is 5.62. The first-order chi connectivity index (χ1) is 10.2. The highest BCUT2D eigenvalue weighted by atomic mass is 16.4. The number of hydrogen-bond acceptors (Lipinski definition) is 4. The zero-order chi connectivity index (χ0) is 16.8. The van der Waals surface area contributed by atoms with Crippen LogP contribution in [-0.4, -0.2) is 21.3 Å². The minimum Gasteiger partial charge on any atom is -0.508 e. The second-order valence-electron chi connectivity index (χ2n) is 5.33. The van der Waals surface area contributed by atoms with Crippen molar-refractivity contribution in [3.63, 3.8) is 0 Å². The van der Waals surface area contributed by atoms with Gasteiger partial charge >= 0.3 is 0 Å². The Morgan fingerprint density at radius 2 is 1.36 bits per heavy atom. The number of rotatable bonds is 3. The van der Waals surface area contributed by atoms with Crippen molar-refractivity contribution in [2.24, 2.45) is 5.73 Å². The van der Waals surface area contributed by atoms with E-state index in [1.165, 1.54) is 0 Å². The highest BCUT2D eigenvalue weighted by Crippen LogP contribution is 2.25. The number of carboxylic acids is 1. The van der Waals surface area contributed by atoms with Crippen LogP contribution in [0.4, 0.5) is 0 Å². The van der Waals surface area contributed by atoms with Crippen molar-refractivity contribution in [1.29, 1.82) is 0 Å². The zero-order valence-corrected chi connectivity index (χ0v) is 12.7. The van der Waals surface area contributed by atoms with Gasteiger partial charge in [-0.05, 0) is 48.7 Å². The van der Waals surface area contributed by atoms with Crippen LogP contribution in [0, 0.1) is 0 Å². The molecule has 2 aromatic carbocycles. The van der Waals surface area contributed by atoms with Crippen LogP contribution in [0.3, 0.4) is 0 Å². The first-order valence-electron chi connectivity index (χ1n) is 6.76. The lowest BCUT2D eigenvalue weighted by Gasteiger charge is -2.25. The quantitative estimate of drug-likeness (QED) is 0.698. The number of hydrogen-bond donors (Lipinski definition) is 4. The summed E-state index contributed by atoms with van der Waals surface area (Å²) >= 11 is 0. The highest BCUT2D eigenvalue weighted by Gasteiger charge is 2.21. The van der Waals surface area contributed by atoms with Crippen molar-refractivity contribution >= 4 is 5.97 Å². The molecule has 0 radical (unpaired) electrons. The molecule has 0 heterocycles. The summed E-state index contributed by atoms with van der Waals surface area (Å²) in [5.41, 5.74) is 7.83. The fourth-order valence-corrected chi connectivity index (χ4v) is 1.98. The molecule has 0 aromatic heterocycles. The van der Waals surface area contributed by atoms with E-state index in [1.54, 1.807) is 24.3 Å². The Labute approximate surface area is 129 Å². The van der Waals surface area contributed by atoms with Crippen molar-refractivity contribution in [2.45, 2.75) is 25.8 Å². The van der Waals surface area contributed by atoms with Gasteiger partial charge < -0.3 is 21.1 Å². The van der Waals surface area contributed by atoms with Gasteiger partial charge in [0.2, 0.25) is 0 Å². The van der Waals surface area contributed by atoms with Crippen molar-refractivity contribution in [3.8, 4) is 11.5 Å². The molecule has 0 aliphatic heterocycles. The van der Waals surface area contributed by atoms with Gasteiger partial charge in [-0.3, -0.25) is 4.79 Å². The smallest absolute Gasteiger partial charge is 0.300 e. The Bertz CT molecular complexity index is 600. The number of aromatic hydroxyl groups is 2. The van der Waals surface area contributed by atoms with Gasteiger partial charge in [0.15, 0.2) is 0 Å². The normalized spacial score (nSPS) is 12.7. The van der Waals surface area contributed by atoms with E-state index < -0.39 is 11.5 Å². The van der Waals surface area contributed by atoms with Crippen molar-refractivity contribution in [2.75, 3.05) is 0 Å². The molecule has 1 unspecified atom stereocenters. The monoisotopic (exact) mass is 303 g/mol. The van der Waals surface area contributed by atoms with Crippen molar-refractivity contribution in [3.05, 3.63) is 59.7 Å². The fourth-order valence-electron chi connectivity index (χ4n) is 1.98. The minimum atomic E-state index is -0.833. The van der Waals surface area contributed by atoms with Crippen LogP contribution in [0.1, 0.15) is 25.0 Å². The van der Waals surface area contributed by atoms with E-state index in [-0.39, 0.29) is 11.5 Å². The second-order valence-corrected chi connectivity index (χ2v) is 5.33. The van der Waals surface area contributed by atoms with E-state index in [2.05, 4.69) is 0 Å². The molecule has 0 saturated carbocycles. The largest absolute Gasteiger partial charge is 0.508 e. The molecular formula is C17H21NO4. The van der Waals surface area contributed by atoms with Gasteiger partial charge in [0.25, 0.3) is 5.97 Å². The predicted octanol–water partition coefficient (Wildman–Crippen LogP) is 2.61. The zero-order valence-electron chi connectivity index (χ0n) is 12.7. The molecule has 5 N–H and O–H groups in total. The molecule has 5 nitrogen and oxygen atoms in total. The topological polar surface area (TPSA) is 104 Å². The number of carboxylic acid groups (broad SMARTS) is 1. The molecule has 0 spiro atoms. The molecule has 2 aromatic rings. The van der Waals surface area contributed by atoms with Crippen molar-refractivity contribution in [1.82, 2.24) is 0 Å². The van der Waals surface area contributed by atoms with Gasteiger partial charge in [0.05, 0.1) is 0 Å². The number of carbonyl (C=O) groups is 1. The average molecular weight is 303 g/mol. The molecule has 2 rings (SSSR count). The van der Waals surface area contributed by atoms with E-state index >= 15 is 0 Å². The molecule has 0 amide bonds. The lowest BCUT2D eigenvalue weighted by atomic mass is 9.86. The maximum atomic E-state index is 9.27. The van der Waals surface area contributed by atoms with Gasteiger partial charge in [-0.25, -0.2) is 0 Å². The van der Waals surface area contributed by atoms with Gasteiger partial charge in [0, 0.05) is 12.5 Å². The molecule has 22 heavy (non-hydrogen) atoms. The fraction of sp³-hybridized carbons (Fsp3) is 0.235. The Morgan fingerprint density at radius 3 is 1.77 bits per heavy atom. The van der Waals surface area contributed by atoms with Crippen LogP contribution in [0.25, 0.3) is 0 Å². The molecule has 0 fully saturated rings. The van der Waals surface area contributed by atoms with Gasteiger partial charge in [-0.1, -0.05) is 24.3 Å². The lowest BCUT2D eigenvalue weighted by molar-refractivity contribution is -0.134. The van der Waals surface area contributed by atoms with Crippen molar-refractivity contribution < 1.29 is 20.1 Å². The summed E-state index contributed by atoms with van der Waals surface area (Å²) in [5.74, 6) is -0.346. The van der Waals surface area contributed by atoms with E-state index in [0.717, 1.165) is 18.1 Å². The predicted molar refractivity (Wildman–Crippen MR) is 84.8 cm³/mol. The summed E-state index contributed by atoms with van der Waals surface area (Å²) in [6.07, 6.45) is 0.665. The van der Waals surface area contributed by atoms with E-state index in [1.807, 2.05) is 31.2 Å². The molecule has 0 bridgehead atoms. The SMILES string of the molecule is CC(=O)O.CC(N)(Cc1ccc(O)cc1)c1ccc(O)cc1. The molecule has 118 valence electrons. The molecular weight excluding hydrogens is 282 g/mol. The molecule has 1 atom stereocenters.